The Morgan fingerprint density at radius 3 is 2.19 bits per heavy atom. The second-order valence-electron chi connectivity index (χ2n) is 10.5. The SMILES string of the molecule is CC1CN(C(=O)c2ccc(N3CCC4(CC3)CCN(C3CCC3)CC4)nc2)CC(C)O1. The average molecular weight is 427 g/mol. The minimum Gasteiger partial charge on any atom is -0.372 e. The molecule has 3 aliphatic heterocycles. The van der Waals surface area contributed by atoms with Gasteiger partial charge in [0.15, 0.2) is 0 Å². The second-order valence-corrected chi connectivity index (χ2v) is 10.5. The molecule has 1 saturated carbocycles. The van der Waals surface area contributed by atoms with Gasteiger partial charge in [-0.05, 0) is 83.0 Å². The van der Waals surface area contributed by atoms with Crippen LogP contribution in [0.2, 0.25) is 0 Å². The molecule has 31 heavy (non-hydrogen) atoms. The summed E-state index contributed by atoms with van der Waals surface area (Å²) in [5, 5.41) is 0. The van der Waals surface area contributed by atoms with Crippen LogP contribution in [0.5, 0.6) is 0 Å². The third-order valence-electron chi connectivity index (χ3n) is 8.30. The minimum atomic E-state index is 0.0665. The summed E-state index contributed by atoms with van der Waals surface area (Å²) in [5.41, 5.74) is 1.23. The number of rotatable bonds is 3. The number of hydrogen-bond acceptors (Lipinski definition) is 5. The summed E-state index contributed by atoms with van der Waals surface area (Å²) in [6.45, 7) is 10.1. The number of pyridine rings is 1. The molecule has 4 aliphatic rings. The van der Waals surface area contributed by atoms with Crippen LogP contribution in [0.15, 0.2) is 18.3 Å². The number of carbonyl (C=O) groups is 1. The van der Waals surface area contributed by atoms with Crippen LogP contribution in [0.4, 0.5) is 5.82 Å². The number of anilines is 1. The summed E-state index contributed by atoms with van der Waals surface area (Å²) in [7, 11) is 0. The highest BCUT2D eigenvalue weighted by atomic mass is 16.5. The van der Waals surface area contributed by atoms with Crippen LogP contribution in [0.1, 0.15) is 69.2 Å². The van der Waals surface area contributed by atoms with Crippen molar-refractivity contribution in [1.82, 2.24) is 14.8 Å². The van der Waals surface area contributed by atoms with Crippen LogP contribution in [0.3, 0.4) is 0 Å². The van der Waals surface area contributed by atoms with E-state index in [2.05, 4.69) is 14.8 Å². The molecule has 2 atom stereocenters. The maximum Gasteiger partial charge on any atom is 0.255 e. The zero-order valence-corrected chi connectivity index (χ0v) is 19.3. The van der Waals surface area contributed by atoms with Crippen molar-refractivity contribution in [1.29, 1.82) is 0 Å². The van der Waals surface area contributed by atoms with Crippen LogP contribution in [0.25, 0.3) is 0 Å². The lowest BCUT2D eigenvalue weighted by molar-refractivity contribution is -0.0586. The molecular weight excluding hydrogens is 388 g/mol. The average Bonchev–Trinajstić information content (AvgIpc) is 2.74. The van der Waals surface area contributed by atoms with Crippen molar-refractivity contribution in [2.45, 2.75) is 77.0 Å². The normalized spacial score (nSPS) is 29.7. The van der Waals surface area contributed by atoms with Crippen LogP contribution < -0.4 is 4.90 Å². The first-order chi connectivity index (χ1) is 15.0. The molecule has 0 N–H and O–H groups in total. The van der Waals surface area contributed by atoms with E-state index in [0.29, 0.717) is 24.1 Å². The Kier molecular flexibility index (Phi) is 5.95. The van der Waals surface area contributed by atoms with Crippen molar-refractivity contribution in [3.63, 3.8) is 0 Å². The number of morpholine rings is 1. The standard InChI is InChI=1S/C25H38N4O2/c1-19-17-29(18-20(2)31-19)24(30)21-6-7-23(26-16-21)28-14-10-25(11-15-28)8-12-27(13-9-25)22-4-3-5-22/h6-7,16,19-20,22H,3-5,8-15,17-18H2,1-2H3. The first-order valence-electron chi connectivity index (χ1n) is 12.4. The van der Waals surface area contributed by atoms with Crippen LogP contribution in [-0.4, -0.2) is 78.2 Å². The Balaban J connectivity index is 1.15. The molecule has 2 unspecified atom stereocenters. The summed E-state index contributed by atoms with van der Waals surface area (Å²) < 4.78 is 5.76. The number of amides is 1. The summed E-state index contributed by atoms with van der Waals surface area (Å²) in [6, 6.07) is 4.89. The van der Waals surface area contributed by atoms with Gasteiger partial charge in [0, 0.05) is 38.4 Å². The number of ether oxygens (including phenoxy) is 1. The van der Waals surface area contributed by atoms with E-state index in [9.17, 15) is 4.79 Å². The van der Waals surface area contributed by atoms with Gasteiger partial charge in [-0.25, -0.2) is 4.98 Å². The van der Waals surface area contributed by atoms with Crippen molar-refractivity contribution in [2.75, 3.05) is 44.2 Å². The highest BCUT2D eigenvalue weighted by molar-refractivity contribution is 5.94. The zero-order chi connectivity index (χ0) is 21.4. The molecule has 0 bridgehead atoms. The number of piperidine rings is 2. The maximum atomic E-state index is 12.9. The quantitative estimate of drug-likeness (QED) is 0.740. The van der Waals surface area contributed by atoms with Crippen molar-refractivity contribution in [3.8, 4) is 0 Å². The van der Waals surface area contributed by atoms with E-state index in [1.54, 1.807) is 6.20 Å². The van der Waals surface area contributed by atoms with Gasteiger partial charge < -0.3 is 19.4 Å². The van der Waals surface area contributed by atoms with Gasteiger partial charge in [-0.1, -0.05) is 6.42 Å². The number of nitrogens with zero attached hydrogens (tertiary/aromatic N) is 4. The van der Waals surface area contributed by atoms with Crippen molar-refractivity contribution >= 4 is 11.7 Å². The largest absolute Gasteiger partial charge is 0.372 e. The summed E-state index contributed by atoms with van der Waals surface area (Å²) in [5.74, 6) is 1.08. The van der Waals surface area contributed by atoms with E-state index in [4.69, 9.17) is 4.74 Å². The lowest BCUT2D eigenvalue weighted by Gasteiger charge is -2.50. The Hall–Kier alpha value is -1.66. The van der Waals surface area contributed by atoms with Gasteiger partial charge in [0.1, 0.15) is 5.82 Å². The number of hydrogen-bond donors (Lipinski definition) is 0. The van der Waals surface area contributed by atoms with Crippen LogP contribution in [-0.2, 0) is 4.74 Å². The smallest absolute Gasteiger partial charge is 0.255 e. The molecule has 170 valence electrons. The van der Waals surface area contributed by atoms with Gasteiger partial charge in [0.05, 0.1) is 17.8 Å². The molecule has 1 aliphatic carbocycles. The molecular formula is C25H38N4O2. The molecule has 1 amide bonds. The number of aromatic nitrogens is 1. The van der Waals surface area contributed by atoms with E-state index in [1.807, 2.05) is 30.9 Å². The fourth-order valence-electron chi connectivity index (χ4n) is 6.05. The van der Waals surface area contributed by atoms with E-state index in [-0.39, 0.29) is 18.1 Å². The molecule has 1 aromatic heterocycles. The third kappa shape index (κ3) is 4.47. The fourth-order valence-corrected chi connectivity index (χ4v) is 6.05. The number of carbonyl (C=O) groups excluding carboxylic acids is 1. The van der Waals surface area contributed by atoms with Crippen LogP contribution in [0, 0.1) is 5.41 Å². The molecule has 4 heterocycles. The Morgan fingerprint density at radius 2 is 1.65 bits per heavy atom. The summed E-state index contributed by atoms with van der Waals surface area (Å²) in [6.07, 6.45) is 11.5. The molecule has 1 spiro atoms. The van der Waals surface area contributed by atoms with E-state index < -0.39 is 0 Å². The first kappa shape index (κ1) is 21.2. The molecule has 6 heteroatoms. The van der Waals surface area contributed by atoms with Gasteiger partial charge in [0.2, 0.25) is 0 Å². The monoisotopic (exact) mass is 426 g/mol. The van der Waals surface area contributed by atoms with Gasteiger partial charge in [-0.15, -0.1) is 0 Å². The lowest BCUT2D eigenvalue weighted by atomic mass is 9.70. The fraction of sp³-hybridized carbons (Fsp3) is 0.760. The van der Waals surface area contributed by atoms with E-state index >= 15 is 0 Å². The van der Waals surface area contributed by atoms with Crippen molar-refractivity contribution < 1.29 is 9.53 Å². The van der Waals surface area contributed by atoms with Gasteiger partial charge in [0.25, 0.3) is 5.91 Å². The number of likely N-dealkylation sites (tertiary alicyclic amines) is 1. The molecule has 0 radical (unpaired) electrons. The Labute approximate surface area is 186 Å². The van der Waals surface area contributed by atoms with Gasteiger partial charge in [-0.2, -0.15) is 0 Å². The second kappa shape index (κ2) is 8.70. The van der Waals surface area contributed by atoms with Crippen molar-refractivity contribution in [3.05, 3.63) is 23.9 Å². The van der Waals surface area contributed by atoms with Gasteiger partial charge in [-0.3, -0.25) is 4.79 Å². The molecule has 0 aromatic carbocycles. The maximum absolute atomic E-state index is 12.9. The Bertz CT molecular complexity index is 750. The molecule has 5 rings (SSSR count). The van der Waals surface area contributed by atoms with Crippen molar-refractivity contribution in [2.24, 2.45) is 5.41 Å². The Morgan fingerprint density at radius 1 is 1.00 bits per heavy atom. The third-order valence-corrected chi connectivity index (χ3v) is 8.30. The molecule has 1 aromatic rings. The van der Waals surface area contributed by atoms with E-state index in [0.717, 1.165) is 24.9 Å². The first-order valence-corrected chi connectivity index (χ1v) is 12.4. The predicted molar refractivity (Wildman–Crippen MR) is 122 cm³/mol. The minimum absolute atomic E-state index is 0.0665. The zero-order valence-electron chi connectivity index (χ0n) is 19.3. The highest BCUT2D eigenvalue weighted by Crippen LogP contribution is 2.43. The summed E-state index contributed by atoms with van der Waals surface area (Å²) in [4.78, 5) is 24.6. The predicted octanol–water partition coefficient (Wildman–Crippen LogP) is 3.57. The molecule has 4 fully saturated rings. The molecule has 6 nitrogen and oxygen atoms in total. The molecule has 3 saturated heterocycles. The lowest BCUT2D eigenvalue weighted by Crippen LogP contribution is -2.51. The highest BCUT2D eigenvalue weighted by Gasteiger charge is 2.40. The van der Waals surface area contributed by atoms with Crippen LogP contribution >= 0.6 is 0 Å². The van der Waals surface area contributed by atoms with Gasteiger partial charge >= 0.3 is 0 Å². The topological polar surface area (TPSA) is 48.9 Å². The van der Waals surface area contributed by atoms with E-state index in [1.165, 1.54) is 58.0 Å². The summed E-state index contributed by atoms with van der Waals surface area (Å²) >= 11 is 0.